The van der Waals surface area contributed by atoms with E-state index in [0.29, 0.717) is 13.0 Å². The highest BCUT2D eigenvalue weighted by Crippen LogP contribution is 2.35. The summed E-state index contributed by atoms with van der Waals surface area (Å²) in [5.41, 5.74) is 2.57. The smallest absolute Gasteiger partial charge is 0.397 e. The predicted molar refractivity (Wildman–Crippen MR) is 70.0 cm³/mol. The molecule has 1 aromatic heterocycles. The van der Waals surface area contributed by atoms with Crippen LogP contribution in [-0.4, -0.2) is 28.4 Å². The van der Waals surface area contributed by atoms with Gasteiger partial charge in [-0.1, -0.05) is 0 Å². The molecule has 0 aliphatic heterocycles. The lowest BCUT2D eigenvalue weighted by molar-refractivity contribution is -0.196. The number of nitrogen functional groups attached to an aromatic ring is 1. The van der Waals surface area contributed by atoms with Gasteiger partial charge in [0.25, 0.3) is 5.91 Å². The summed E-state index contributed by atoms with van der Waals surface area (Å²) < 4.78 is 74.3. The Bertz CT molecular complexity index is 605. The summed E-state index contributed by atoms with van der Waals surface area (Å²) in [7, 11) is 0. The second kappa shape index (κ2) is 6.51. The molecule has 0 radical (unpaired) electrons. The SMILES string of the molecule is CC([C@H](O)NC(=O)c1nc(Br)c(C(F)(F)F)cc1N)C(F)(F)F. The van der Waals surface area contributed by atoms with E-state index in [9.17, 15) is 36.2 Å². The predicted octanol–water partition coefficient (Wildman–Crippen LogP) is 2.69. The van der Waals surface area contributed by atoms with Crippen LogP contribution in [0.3, 0.4) is 0 Å². The molecule has 0 saturated heterocycles. The highest BCUT2D eigenvalue weighted by molar-refractivity contribution is 9.10. The van der Waals surface area contributed by atoms with Crippen LogP contribution in [0.4, 0.5) is 32.0 Å². The van der Waals surface area contributed by atoms with E-state index in [1.165, 1.54) is 0 Å². The lowest BCUT2D eigenvalue weighted by Crippen LogP contribution is -2.45. The number of aliphatic hydroxyl groups is 1. The van der Waals surface area contributed by atoms with Gasteiger partial charge in [0.05, 0.1) is 17.2 Å². The first-order chi connectivity index (χ1) is 10.2. The minimum absolute atomic E-state index is 0.408. The fraction of sp³-hybridized carbons (Fsp3) is 0.455. The molecule has 1 heterocycles. The molecule has 130 valence electrons. The number of hydrogen-bond donors (Lipinski definition) is 3. The Hall–Kier alpha value is -1.56. The van der Waals surface area contributed by atoms with Crippen LogP contribution < -0.4 is 11.1 Å². The van der Waals surface area contributed by atoms with Gasteiger partial charge < -0.3 is 16.2 Å². The van der Waals surface area contributed by atoms with E-state index in [0.717, 1.165) is 0 Å². The minimum atomic E-state index is -4.79. The second-order valence-corrected chi connectivity index (χ2v) is 5.26. The number of hydrogen-bond acceptors (Lipinski definition) is 4. The second-order valence-electron chi connectivity index (χ2n) is 4.51. The van der Waals surface area contributed by atoms with Gasteiger partial charge in [-0.2, -0.15) is 26.3 Å². The topological polar surface area (TPSA) is 88.2 Å². The average molecular weight is 410 g/mol. The number of nitrogens with zero attached hydrogens (tertiary/aromatic N) is 1. The van der Waals surface area contributed by atoms with Crippen molar-refractivity contribution in [3.05, 3.63) is 21.9 Å². The summed E-state index contributed by atoms with van der Waals surface area (Å²) >= 11 is 2.50. The average Bonchev–Trinajstić information content (AvgIpc) is 2.37. The van der Waals surface area contributed by atoms with E-state index in [4.69, 9.17) is 5.73 Å². The third-order valence-electron chi connectivity index (χ3n) is 2.79. The van der Waals surface area contributed by atoms with Gasteiger partial charge in [0.1, 0.15) is 10.8 Å². The molecule has 23 heavy (non-hydrogen) atoms. The highest BCUT2D eigenvalue weighted by atomic mass is 79.9. The molecule has 5 nitrogen and oxygen atoms in total. The van der Waals surface area contributed by atoms with Gasteiger partial charge in [0.2, 0.25) is 0 Å². The molecule has 1 amide bonds. The summed E-state index contributed by atoms with van der Waals surface area (Å²) in [5.74, 6) is -3.65. The number of nitrogens with one attached hydrogen (secondary N) is 1. The van der Waals surface area contributed by atoms with Crippen LogP contribution in [0.1, 0.15) is 23.0 Å². The molecule has 0 spiro atoms. The Labute approximate surface area is 134 Å². The number of halogens is 7. The lowest BCUT2D eigenvalue weighted by atomic mass is 10.1. The Morgan fingerprint density at radius 3 is 2.30 bits per heavy atom. The first kappa shape index (κ1) is 19.5. The monoisotopic (exact) mass is 409 g/mol. The minimum Gasteiger partial charge on any atom is -0.397 e. The lowest BCUT2D eigenvalue weighted by Gasteiger charge is -2.22. The van der Waals surface area contributed by atoms with Crippen molar-refractivity contribution in [1.29, 1.82) is 0 Å². The van der Waals surface area contributed by atoms with Crippen LogP contribution in [0.2, 0.25) is 0 Å². The molecular formula is C11H10BrF6N3O2. The summed E-state index contributed by atoms with van der Waals surface area (Å²) in [6.45, 7) is 0.615. The highest BCUT2D eigenvalue weighted by Gasteiger charge is 2.42. The molecular weight excluding hydrogens is 400 g/mol. The molecule has 4 N–H and O–H groups in total. The van der Waals surface area contributed by atoms with Gasteiger partial charge >= 0.3 is 12.4 Å². The summed E-state index contributed by atoms with van der Waals surface area (Å²) in [5, 5.41) is 10.9. The molecule has 0 aromatic carbocycles. The first-order valence-corrected chi connectivity index (χ1v) is 6.63. The molecule has 0 fully saturated rings. The van der Waals surface area contributed by atoms with Crippen molar-refractivity contribution in [2.45, 2.75) is 25.5 Å². The first-order valence-electron chi connectivity index (χ1n) is 5.84. The van der Waals surface area contributed by atoms with E-state index in [1.807, 2.05) is 0 Å². The number of rotatable bonds is 3. The Kier molecular flexibility index (Phi) is 5.52. The number of carbonyl (C=O) groups excluding carboxylic acids is 1. The van der Waals surface area contributed by atoms with Crippen molar-refractivity contribution >= 4 is 27.5 Å². The molecule has 0 aliphatic carbocycles. The molecule has 0 aliphatic rings. The van der Waals surface area contributed by atoms with Crippen molar-refractivity contribution in [2.24, 2.45) is 5.92 Å². The maximum Gasteiger partial charge on any atom is 0.419 e. The number of aliphatic hydroxyl groups excluding tert-OH is 1. The van der Waals surface area contributed by atoms with Gasteiger partial charge in [-0.05, 0) is 28.9 Å². The zero-order valence-corrected chi connectivity index (χ0v) is 12.8. The van der Waals surface area contributed by atoms with Crippen LogP contribution in [0.5, 0.6) is 0 Å². The summed E-state index contributed by atoms with van der Waals surface area (Å²) in [6, 6.07) is 0.408. The Morgan fingerprint density at radius 1 is 1.35 bits per heavy atom. The largest absolute Gasteiger partial charge is 0.419 e. The van der Waals surface area contributed by atoms with Crippen LogP contribution in [-0.2, 0) is 6.18 Å². The number of pyridine rings is 1. The Balaban J connectivity index is 3.04. The van der Waals surface area contributed by atoms with E-state index in [-0.39, 0.29) is 0 Å². The molecule has 12 heteroatoms. The number of nitrogens with two attached hydrogens (primary N) is 1. The normalized spacial score (nSPS) is 15.2. The van der Waals surface area contributed by atoms with E-state index < -0.39 is 52.0 Å². The van der Waals surface area contributed by atoms with Crippen molar-refractivity contribution in [2.75, 3.05) is 5.73 Å². The zero-order chi connectivity index (χ0) is 18.2. The van der Waals surface area contributed by atoms with Gasteiger partial charge in [0.15, 0.2) is 5.69 Å². The van der Waals surface area contributed by atoms with Gasteiger partial charge in [-0.3, -0.25) is 4.79 Å². The van der Waals surface area contributed by atoms with Crippen LogP contribution >= 0.6 is 15.9 Å². The van der Waals surface area contributed by atoms with Gasteiger partial charge in [-0.15, -0.1) is 0 Å². The fourth-order valence-electron chi connectivity index (χ4n) is 1.39. The maximum atomic E-state index is 12.6. The quantitative estimate of drug-likeness (QED) is 0.406. The number of amides is 1. The Morgan fingerprint density at radius 2 is 1.87 bits per heavy atom. The number of aromatic nitrogens is 1. The maximum absolute atomic E-state index is 12.6. The van der Waals surface area contributed by atoms with Crippen LogP contribution in [0.25, 0.3) is 0 Å². The number of alkyl halides is 6. The third kappa shape index (κ3) is 4.70. The summed E-state index contributed by atoms with van der Waals surface area (Å²) in [6.07, 6.45) is -11.9. The molecule has 1 unspecified atom stereocenters. The van der Waals surface area contributed by atoms with Crippen LogP contribution in [0, 0.1) is 5.92 Å². The van der Waals surface area contributed by atoms with Crippen LogP contribution in [0.15, 0.2) is 10.7 Å². The molecule has 1 aromatic rings. The fourth-order valence-corrected chi connectivity index (χ4v) is 1.91. The van der Waals surface area contributed by atoms with Crippen molar-refractivity contribution in [3.63, 3.8) is 0 Å². The van der Waals surface area contributed by atoms with Crippen molar-refractivity contribution < 1.29 is 36.2 Å². The van der Waals surface area contributed by atoms with E-state index in [2.05, 4.69) is 20.9 Å². The zero-order valence-electron chi connectivity index (χ0n) is 11.3. The molecule has 0 saturated carbocycles. The van der Waals surface area contributed by atoms with Crippen molar-refractivity contribution in [3.8, 4) is 0 Å². The van der Waals surface area contributed by atoms with E-state index >= 15 is 0 Å². The summed E-state index contributed by atoms with van der Waals surface area (Å²) in [4.78, 5) is 15.0. The van der Waals surface area contributed by atoms with E-state index in [1.54, 1.807) is 5.32 Å². The van der Waals surface area contributed by atoms with Gasteiger partial charge in [-0.25, -0.2) is 4.98 Å². The third-order valence-corrected chi connectivity index (χ3v) is 3.40. The van der Waals surface area contributed by atoms with Crippen molar-refractivity contribution in [1.82, 2.24) is 10.3 Å². The molecule has 0 bridgehead atoms. The number of carbonyl (C=O) groups is 1. The number of anilines is 1. The molecule has 2 atom stereocenters. The van der Waals surface area contributed by atoms with Gasteiger partial charge in [0, 0.05) is 0 Å². The standard InChI is InChI=1S/C11H10BrF6N3O2/c1-3(10(13,14)15)8(22)21-9(23)6-5(19)2-4(7(12)20-6)11(16,17)18/h2-3,8,22H,19H2,1H3,(H,21,23)/t3?,8-/m0/s1. The molecule has 1 rings (SSSR count).